The summed E-state index contributed by atoms with van der Waals surface area (Å²) in [7, 11) is 0. The Labute approximate surface area is 173 Å². The molecule has 4 amide bonds. The number of likely N-dealkylation sites (tertiary alicyclic amines) is 1. The number of hydrogen-bond acceptors (Lipinski definition) is 5. The molecule has 2 aromatic rings. The minimum absolute atomic E-state index is 0.0208. The molecule has 156 valence electrons. The monoisotopic (exact) mass is 409 g/mol. The molecule has 1 fully saturated rings. The Bertz CT molecular complexity index is 971. The summed E-state index contributed by atoms with van der Waals surface area (Å²) in [6.45, 7) is 1.46. The van der Waals surface area contributed by atoms with Crippen LogP contribution < -0.4 is 5.73 Å². The Morgan fingerprint density at radius 1 is 1.10 bits per heavy atom. The number of aromatic nitrogens is 2. The molecular weight excluding hydrogens is 386 g/mol. The summed E-state index contributed by atoms with van der Waals surface area (Å²) in [6, 6.07) is 8.44. The van der Waals surface area contributed by atoms with Crippen LogP contribution in [0.5, 0.6) is 0 Å². The number of aromatic amines is 1. The summed E-state index contributed by atoms with van der Waals surface area (Å²) >= 11 is 0. The molecule has 3 heterocycles. The molecule has 1 aromatic heterocycles. The SMILES string of the molecule is NC(=O)c1cc(C2CCN(C(=O)CCCN3C(=O)c4ccccc4C3=O)CC2)[nH]n1. The van der Waals surface area contributed by atoms with E-state index in [0.717, 1.165) is 18.5 Å². The minimum Gasteiger partial charge on any atom is -0.364 e. The quantitative estimate of drug-likeness (QED) is 0.695. The lowest BCUT2D eigenvalue weighted by atomic mass is 9.93. The van der Waals surface area contributed by atoms with Crippen LogP contribution in [0.25, 0.3) is 0 Å². The highest BCUT2D eigenvalue weighted by atomic mass is 16.2. The first-order valence-electron chi connectivity index (χ1n) is 10.0. The van der Waals surface area contributed by atoms with E-state index in [2.05, 4.69) is 10.2 Å². The van der Waals surface area contributed by atoms with Crippen molar-refractivity contribution < 1.29 is 19.2 Å². The van der Waals surface area contributed by atoms with Crippen LogP contribution in [0.3, 0.4) is 0 Å². The maximum absolute atomic E-state index is 12.5. The number of nitrogens with zero attached hydrogens (tertiary/aromatic N) is 3. The van der Waals surface area contributed by atoms with Gasteiger partial charge in [0.2, 0.25) is 5.91 Å². The lowest BCUT2D eigenvalue weighted by Crippen LogP contribution is -2.38. The second kappa shape index (κ2) is 8.10. The number of nitrogens with one attached hydrogen (secondary N) is 1. The molecule has 0 unspecified atom stereocenters. The highest BCUT2D eigenvalue weighted by Crippen LogP contribution is 2.28. The van der Waals surface area contributed by atoms with Crippen molar-refractivity contribution in [2.45, 2.75) is 31.6 Å². The van der Waals surface area contributed by atoms with E-state index in [4.69, 9.17) is 5.73 Å². The van der Waals surface area contributed by atoms with Crippen LogP contribution in [0.1, 0.15) is 68.5 Å². The number of rotatable bonds is 6. The topological polar surface area (TPSA) is 129 Å². The van der Waals surface area contributed by atoms with Gasteiger partial charge in [-0.15, -0.1) is 0 Å². The number of H-pyrrole nitrogens is 1. The van der Waals surface area contributed by atoms with E-state index in [0.29, 0.717) is 30.6 Å². The number of amides is 4. The van der Waals surface area contributed by atoms with Gasteiger partial charge in [0.1, 0.15) is 5.69 Å². The van der Waals surface area contributed by atoms with Gasteiger partial charge in [-0.05, 0) is 37.5 Å². The maximum atomic E-state index is 12.5. The van der Waals surface area contributed by atoms with Gasteiger partial charge in [0.05, 0.1) is 11.1 Å². The van der Waals surface area contributed by atoms with Crippen molar-refractivity contribution >= 4 is 23.6 Å². The number of benzene rings is 1. The van der Waals surface area contributed by atoms with Crippen molar-refractivity contribution in [1.82, 2.24) is 20.0 Å². The van der Waals surface area contributed by atoms with Crippen molar-refractivity contribution in [1.29, 1.82) is 0 Å². The largest absolute Gasteiger partial charge is 0.364 e. The van der Waals surface area contributed by atoms with Gasteiger partial charge in [-0.25, -0.2) is 0 Å². The van der Waals surface area contributed by atoms with E-state index < -0.39 is 5.91 Å². The van der Waals surface area contributed by atoms with Crippen LogP contribution >= 0.6 is 0 Å². The molecule has 30 heavy (non-hydrogen) atoms. The molecule has 0 bridgehead atoms. The fourth-order valence-electron chi connectivity index (χ4n) is 4.10. The van der Waals surface area contributed by atoms with Gasteiger partial charge in [-0.2, -0.15) is 5.10 Å². The molecule has 3 N–H and O–H groups in total. The number of carbonyl (C=O) groups is 4. The fraction of sp³-hybridized carbons (Fsp3) is 0.381. The fourth-order valence-corrected chi connectivity index (χ4v) is 4.10. The Balaban J connectivity index is 1.24. The van der Waals surface area contributed by atoms with Gasteiger partial charge in [-0.1, -0.05) is 12.1 Å². The lowest BCUT2D eigenvalue weighted by Gasteiger charge is -2.31. The summed E-state index contributed by atoms with van der Waals surface area (Å²) in [5.74, 6) is -0.929. The number of carbonyl (C=O) groups excluding carboxylic acids is 4. The first-order chi connectivity index (χ1) is 14.5. The zero-order valence-corrected chi connectivity index (χ0v) is 16.5. The Kier molecular flexibility index (Phi) is 5.35. The maximum Gasteiger partial charge on any atom is 0.269 e. The van der Waals surface area contributed by atoms with Gasteiger partial charge in [-0.3, -0.25) is 29.2 Å². The summed E-state index contributed by atoms with van der Waals surface area (Å²) in [4.78, 5) is 51.5. The van der Waals surface area contributed by atoms with Crippen LogP contribution in [-0.2, 0) is 4.79 Å². The van der Waals surface area contributed by atoms with Crippen molar-refractivity contribution in [2.24, 2.45) is 5.73 Å². The Morgan fingerprint density at radius 2 is 1.73 bits per heavy atom. The van der Waals surface area contributed by atoms with Gasteiger partial charge < -0.3 is 10.6 Å². The molecule has 0 aliphatic carbocycles. The molecule has 2 aliphatic rings. The van der Waals surface area contributed by atoms with Crippen molar-refractivity contribution in [3.8, 4) is 0 Å². The zero-order valence-electron chi connectivity index (χ0n) is 16.5. The summed E-state index contributed by atoms with van der Waals surface area (Å²) in [5.41, 5.74) is 7.16. The lowest BCUT2D eigenvalue weighted by molar-refractivity contribution is -0.132. The summed E-state index contributed by atoms with van der Waals surface area (Å²) < 4.78 is 0. The Morgan fingerprint density at radius 3 is 2.30 bits per heavy atom. The third kappa shape index (κ3) is 3.70. The highest BCUT2D eigenvalue weighted by molar-refractivity contribution is 6.21. The number of nitrogens with two attached hydrogens (primary N) is 1. The first kappa shape index (κ1) is 19.8. The third-order valence-electron chi connectivity index (χ3n) is 5.79. The first-order valence-corrected chi connectivity index (χ1v) is 10.0. The zero-order chi connectivity index (χ0) is 21.3. The summed E-state index contributed by atoms with van der Waals surface area (Å²) in [5, 5.41) is 6.77. The predicted molar refractivity (Wildman–Crippen MR) is 107 cm³/mol. The van der Waals surface area contributed by atoms with Crippen molar-refractivity contribution in [3.05, 3.63) is 52.8 Å². The van der Waals surface area contributed by atoms with E-state index in [9.17, 15) is 19.2 Å². The van der Waals surface area contributed by atoms with E-state index in [-0.39, 0.29) is 42.3 Å². The molecule has 9 heteroatoms. The van der Waals surface area contributed by atoms with E-state index in [1.54, 1.807) is 30.3 Å². The molecule has 4 rings (SSSR count). The molecule has 2 aliphatic heterocycles. The molecule has 9 nitrogen and oxygen atoms in total. The molecule has 0 spiro atoms. The van der Waals surface area contributed by atoms with Crippen LogP contribution in [0, 0.1) is 0 Å². The van der Waals surface area contributed by atoms with E-state index >= 15 is 0 Å². The second-order valence-corrected chi connectivity index (χ2v) is 7.64. The predicted octanol–water partition coefficient (Wildman–Crippen LogP) is 1.29. The van der Waals surface area contributed by atoms with Gasteiger partial charge in [0.15, 0.2) is 0 Å². The van der Waals surface area contributed by atoms with E-state index in [1.807, 2.05) is 4.90 Å². The molecule has 0 saturated carbocycles. The number of hydrogen-bond donors (Lipinski definition) is 2. The van der Waals surface area contributed by atoms with Crippen LogP contribution in [-0.4, -0.2) is 63.3 Å². The van der Waals surface area contributed by atoms with Crippen molar-refractivity contribution in [3.63, 3.8) is 0 Å². The van der Waals surface area contributed by atoms with Gasteiger partial charge >= 0.3 is 0 Å². The van der Waals surface area contributed by atoms with Crippen LogP contribution in [0.15, 0.2) is 30.3 Å². The third-order valence-corrected chi connectivity index (χ3v) is 5.79. The second-order valence-electron chi connectivity index (χ2n) is 7.64. The van der Waals surface area contributed by atoms with Crippen LogP contribution in [0.2, 0.25) is 0 Å². The average molecular weight is 409 g/mol. The van der Waals surface area contributed by atoms with E-state index in [1.165, 1.54) is 4.90 Å². The Hall–Kier alpha value is -3.49. The summed E-state index contributed by atoms with van der Waals surface area (Å²) in [6.07, 6.45) is 2.26. The van der Waals surface area contributed by atoms with Crippen molar-refractivity contribution in [2.75, 3.05) is 19.6 Å². The minimum atomic E-state index is -0.567. The standard InChI is InChI=1S/C21H23N5O4/c22-19(28)17-12-16(23-24-17)13-7-10-25(11-8-13)18(27)6-3-9-26-20(29)14-4-1-2-5-15(14)21(26)30/h1-2,4-5,12-13H,3,6-11H2,(H2,22,28)(H,23,24). The number of piperidine rings is 1. The number of primary amides is 1. The van der Waals surface area contributed by atoms with Crippen LogP contribution in [0.4, 0.5) is 0 Å². The average Bonchev–Trinajstić information content (AvgIpc) is 3.34. The normalized spacial score (nSPS) is 16.8. The molecule has 0 atom stereocenters. The van der Waals surface area contributed by atoms with Gasteiger partial charge in [0, 0.05) is 37.7 Å². The smallest absolute Gasteiger partial charge is 0.269 e. The number of fused-ring (bicyclic) bond motifs is 1. The highest BCUT2D eigenvalue weighted by Gasteiger charge is 2.34. The van der Waals surface area contributed by atoms with Gasteiger partial charge in [0.25, 0.3) is 17.7 Å². The molecule has 1 aromatic carbocycles. The molecule has 0 radical (unpaired) electrons. The molecule has 1 saturated heterocycles. The number of imide groups is 1. The molecular formula is C21H23N5O4.